The van der Waals surface area contributed by atoms with Gasteiger partial charge in [0.1, 0.15) is 11.6 Å². The number of aromatic nitrogens is 2. The SMILES string of the molecule is COC[C@@H](C)N[C@H]1CC[C@H](Nc2cc(-c3nc(NC[C@H]4CCCCO4)ccc3Cl)c(Cl)cn2)CC1. The second-order valence-electron chi connectivity index (χ2n) is 9.66. The molecule has 0 spiro atoms. The molecule has 0 unspecified atom stereocenters. The minimum Gasteiger partial charge on any atom is -0.383 e. The van der Waals surface area contributed by atoms with Crippen LogP contribution in [0.3, 0.4) is 0 Å². The maximum atomic E-state index is 6.55. The third-order valence-electron chi connectivity index (χ3n) is 6.76. The Morgan fingerprint density at radius 2 is 1.86 bits per heavy atom. The molecule has 192 valence electrons. The average Bonchev–Trinajstić information content (AvgIpc) is 2.87. The van der Waals surface area contributed by atoms with Gasteiger partial charge in [-0.2, -0.15) is 0 Å². The lowest BCUT2D eigenvalue weighted by Gasteiger charge is -2.32. The van der Waals surface area contributed by atoms with Gasteiger partial charge in [-0.3, -0.25) is 0 Å². The lowest BCUT2D eigenvalue weighted by molar-refractivity contribution is 0.0247. The number of hydrogen-bond acceptors (Lipinski definition) is 7. The van der Waals surface area contributed by atoms with Crippen molar-refractivity contribution in [3.8, 4) is 11.3 Å². The summed E-state index contributed by atoms with van der Waals surface area (Å²) < 4.78 is 11.1. The first-order valence-electron chi connectivity index (χ1n) is 12.7. The van der Waals surface area contributed by atoms with Crippen LogP contribution in [0.5, 0.6) is 0 Å². The molecule has 0 amide bonds. The fourth-order valence-corrected chi connectivity index (χ4v) is 5.33. The lowest BCUT2D eigenvalue weighted by Crippen LogP contribution is -2.42. The molecule has 35 heavy (non-hydrogen) atoms. The van der Waals surface area contributed by atoms with Crippen molar-refractivity contribution in [2.45, 2.75) is 76.1 Å². The molecule has 1 saturated carbocycles. The van der Waals surface area contributed by atoms with Gasteiger partial charge in [0.05, 0.1) is 28.5 Å². The summed E-state index contributed by atoms with van der Waals surface area (Å²) >= 11 is 13.1. The molecule has 1 aliphatic heterocycles. The van der Waals surface area contributed by atoms with Gasteiger partial charge in [0.15, 0.2) is 0 Å². The summed E-state index contributed by atoms with van der Waals surface area (Å²) in [4.78, 5) is 9.29. The Morgan fingerprint density at radius 3 is 2.60 bits per heavy atom. The number of nitrogens with one attached hydrogen (secondary N) is 3. The Kier molecular flexibility index (Phi) is 9.86. The van der Waals surface area contributed by atoms with Crippen LogP contribution < -0.4 is 16.0 Å². The fourth-order valence-electron chi connectivity index (χ4n) is 4.93. The molecule has 0 aromatic carbocycles. The van der Waals surface area contributed by atoms with E-state index in [1.165, 1.54) is 6.42 Å². The molecule has 1 aliphatic carbocycles. The summed E-state index contributed by atoms with van der Waals surface area (Å²) in [5.41, 5.74) is 1.42. The van der Waals surface area contributed by atoms with E-state index in [0.29, 0.717) is 33.9 Å². The van der Waals surface area contributed by atoms with E-state index in [-0.39, 0.29) is 6.10 Å². The van der Waals surface area contributed by atoms with Crippen LogP contribution in [0.25, 0.3) is 11.3 Å². The van der Waals surface area contributed by atoms with Crippen molar-refractivity contribution in [3.05, 3.63) is 34.4 Å². The standard InChI is InChI=1S/C26H37Cl2N5O2/c1-17(16-34-2)31-18-6-8-19(9-7-18)32-25-13-21(23(28)15-30-25)26-22(27)10-11-24(33-26)29-14-20-5-3-4-12-35-20/h10-11,13,15,17-20,31H,3-9,12,14,16H2,1-2H3,(H,29,33)(H,30,32)/t17-,18-,19-,20-/m1/s1. The Bertz CT molecular complexity index is 949. The number of nitrogens with zero attached hydrogens (tertiary/aromatic N) is 2. The maximum absolute atomic E-state index is 6.55. The number of rotatable bonds is 10. The summed E-state index contributed by atoms with van der Waals surface area (Å²) in [5, 5.41) is 11.7. The summed E-state index contributed by atoms with van der Waals surface area (Å²) in [7, 11) is 1.74. The molecule has 2 atom stereocenters. The van der Waals surface area contributed by atoms with Gasteiger partial charge < -0.3 is 25.4 Å². The third-order valence-corrected chi connectivity index (χ3v) is 7.36. The van der Waals surface area contributed by atoms with Crippen LogP contribution in [-0.2, 0) is 9.47 Å². The van der Waals surface area contributed by atoms with Crippen molar-refractivity contribution in [1.82, 2.24) is 15.3 Å². The monoisotopic (exact) mass is 521 g/mol. The van der Waals surface area contributed by atoms with E-state index in [1.54, 1.807) is 13.3 Å². The van der Waals surface area contributed by atoms with Crippen molar-refractivity contribution in [2.24, 2.45) is 0 Å². The number of methoxy groups -OCH3 is 1. The zero-order valence-corrected chi connectivity index (χ0v) is 22.2. The molecule has 2 aliphatic rings. The molecule has 0 bridgehead atoms. The van der Waals surface area contributed by atoms with Crippen LogP contribution in [0.4, 0.5) is 11.6 Å². The Morgan fingerprint density at radius 1 is 1.06 bits per heavy atom. The van der Waals surface area contributed by atoms with Gasteiger partial charge in [-0.15, -0.1) is 0 Å². The molecule has 2 fully saturated rings. The van der Waals surface area contributed by atoms with Gasteiger partial charge in [0.2, 0.25) is 0 Å². The molecule has 0 radical (unpaired) electrons. The molecule has 7 nitrogen and oxygen atoms in total. The second-order valence-corrected chi connectivity index (χ2v) is 10.5. The number of ether oxygens (including phenoxy) is 2. The smallest absolute Gasteiger partial charge is 0.126 e. The average molecular weight is 523 g/mol. The van der Waals surface area contributed by atoms with Gasteiger partial charge >= 0.3 is 0 Å². The van der Waals surface area contributed by atoms with E-state index >= 15 is 0 Å². The number of pyridine rings is 2. The Hall–Kier alpha value is -1.64. The zero-order valence-electron chi connectivity index (χ0n) is 20.7. The molecular formula is C26H37Cl2N5O2. The molecular weight excluding hydrogens is 485 g/mol. The van der Waals surface area contributed by atoms with E-state index in [0.717, 1.165) is 75.5 Å². The van der Waals surface area contributed by atoms with Crippen LogP contribution in [0.2, 0.25) is 10.0 Å². The van der Waals surface area contributed by atoms with E-state index < -0.39 is 0 Å². The highest BCUT2D eigenvalue weighted by Gasteiger charge is 2.23. The first-order chi connectivity index (χ1) is 17.0. The van der Waals surface area contributed by atoms with Crippen molar-refractivity contribution < 1.29 is 9.47 Å². The first kappa shape index (κ1) is 26.4. The van der Waals surface area contributed by atoms with Gasteiger partial charge in [-0.1, -0.05) is 23.2 Å². The van der Waals surface area contributed by atoms with Gasteiger partial charge in [-0.05, 0) is 70.1 Å². The number of hydrogen-bond donors (Lipinski definition) is 3. The highest BCUT2D eigenvalue weighted by Crippen LogP contribution is 2.34. The lowest BCUT2D eigenvalue weighted by atomic mass is 9.90. The number of anilines is 2. The van der Waals surface area contributed by atoms with Crippen LogP contribution in [0, 0.1) is 0 Å². The normalized spacial score (nSPS) is 23.6. The Labute approximate surface area is 218 Å². The molecule has 4 rings (SSSR count). The molecule has 3 N–H and O–H groups in total. The summed E-state index contributed by atoms with van der Waals surface area (Å²) in [5.74, 6) is 1.55. The zero-order chi connectivity index (χ0) is 24.6. The fraction of sp³-hybridized carbons (Fsp3) is 0.615. The Balaban J connectivity index is 1.38. The van der Waals surface area contributed by atoms with Crippen LogP contribution in [0.15, 0.2) is 24.4 Å². The molecule has 2 aromatic heterocycles. The highest BCUT2D eigenvalue weighted by atomic mass is 35.5. The third kappa shape index (κ3) is 7.67. The predicted octanol–water partition coefficient (Wildman–Crippen LogP) is 5.78. The number of halogens is 2. The van der Waals surface area contributed by atoms with Crippen molar-refractivity contribution in [1.29, 1.82) is 0 Å². The molecule has 1 saturated heterocycles. The summed E-state index contributed by atoms with van der Waals surface area (Å²) in [6, 6.07) is 6.98. The highest BCUT2D eigenvalue weighted by molar-refractivity contribution is 6.36. The van der Waals surface area contributed by atoms with E-state index in [1.807, 2.05) is 18.2 Å². The minimum absolute atomic E-state index is 0.221. The van der Waals surface area contributed by atoms with Crippen LogP contribution in [-0.4, -0.2) is 61.1 Å². The first-order valence-corrected chi connectivity index (χ1v) is 13.5. The molecule has 3 heterocycles. The van der Waals surface area contributed by atoms with E-state index in [2.05, 4.69) is 27.9 Å². The van der Waals surface area contributed by atoms with Crippen LogP contribution >= 0.6 is 23.2 Å². The van der Waals surface area contributed by atoms with Gasteiger partial charge in [0.25, 0.3) is 0 Å². The minimum atomic E-state index is 0.221. The second kappa shape index (κ2) is 13.1. The van der Waals surface area contributed by atoms with E-state index in [9.17, 15) is 0 Å². The maximum Gasteiger partial charge on any atom is 0.126 e. The quantitative estimate of drug-likeness (QED) is 0.365. The molecule has 9 heteroatoms. The summed E-state index contributed by atoms with van der Waals surface area (Å²) in [6.45, 7) is 4.46. The summed E-state index contributed by atoms with van der Waals surface area (Å²) in [6.07, 6.45) is 9.73. The van der Waals surface area contributed by atoms with E-state index in [4.69, 9.17) is 37.7 Å². The van der Waals surface area contributed by atoms with Crippen molar-refractivity contribution >= 4 is 34.8 Å². The topological polar surface area (TPSA) is 80.3 Å². The van der Waals surface area contributed by atoms with Crippen molar-refractivity contribution in [2.75, 3.05) is 37.5 Å². The molecule has 2 aromatic rings. The van der Waals surface area contributed by atoms with Crippen LogP contribution in [0.1, 0.15) is 51.9 Å². The van der Waals surface area contributed by atoms with Crippen molar-refractivity contribution in [3.63, 3.8) is 0 Å². The largest absolute Gasteiger partial charge is 0.383 e. The predicted molar refractivity (Wildman–Crippen MR) is 144 cm³/mol. The van der Waals surface area contributed by atoms with Gasteiger partial charge in [-0.25, -0.2) is 9.97 Å². The van der Waals surface area contributed by atoms with Gasteiger partial charge in [0, 0.05) is 50.1 Å².